The molecule has 2 aromatic carbocycles. The van der Waals surface area contributed by atoms with Gasteiger partial charge in [0.15, 0.2) is 5.11 Å². The van der Waals surface area contributed by atoms with Gasteiger partial charge in [0.2, 0.25) is 5.91 Å². The second-order valence-corrected chi connectivity index (χ2v) is 10.2. The zero-order valence-corrected chi connectivity index (χ0v) is 24.1. The number of hydrogen-bond acceptors (Lipinski definition) is 5. The van der Waals surface area contributed by atoms with Crippen molar-refractivity contribution in [2.24, 2.45) is 0 Å². The molecule has 1 aliphatic rings. The smallest absolute Gasteiger partial charge is 0.250 e. The Kier molecular flexibility index (Phi) is 7.86. The first-order valence-corrected chi connectivity index (χ1v) is 13.5. The third-order valence-electron chi connectivity index (χ3n) is 7.26. The Morgan fingerprint density at radius 2 is 1.77 bits per heavy atom. The highest BCUT2D eigenvalue weighted by Crippen LogP contribution is 2.44. The van der Waals surface area contributed by atoms with E-state index in [0.717, 1.165) is 51.0 Å². The van der Waals surface area contributed by atoms with Crippen molar-refractivity contribution in [1.82, 2.24) is 14.9 Å². The largest absolute Gasteiger partial charge is 0.497 e. The Labute approximate surface area is 239 Å². The van der Waals surface area contributed by atoms with Gasteiger partial charge in [-0.05, 0) is 105 Å². The van der Waals surface area contributed by atoms with Gasteiger partial charge in [0, 0.05) is 41.8 Å². The lowest BCUT2D eigenvalue weighted by Crippen LogP contribution is -2.29. The zero-order valence-electron chi connectivity index (χ0n) is 23.3. The molecule has 0 spiro atoms. The van der Waals surface area contributed by atoms with E-state index in [2.05, 4.69) is 57.1 Å². The molecule has 1 saturated heterocycles. The molecular weight excluding hydrogens is 522 g/mol. The average molecular weight is 556 g/mol. The van der Waals surface area contributed by atoms with Crippen LogP contribution >= 0.6 is 12.2 Å². The second-order valence-electron chi connectivity index (χ2n) is 9.84. The highest BCUT2D eigenvalue weighted by atomic mass is 32.1. The summed E-state index contributed by atoms with van der Waals surface area (Å²) >= 11 is 5.94. The monoisotopic (exact) mass is 555 g/mol. The van der Waals surface area contributed by atoms with E-state index in [-0.39, 0.29) is 24.6 Å². The summed E-state index contributed by atoms with van der Waals surface area (Å²) in [6.45, 7) is 6.22. The lowest BCUT2D eigenvalue weighted by molar-refractivity contribution is -0.119. The van der Waals surface area contributed by atoms with E-state index < -0.39 is 0 Å². The van der Waals surface area contributed by atoms with Crippen molar-refractivity contribution >= 4 is 34.6 Å². The van der Waals surface area contributed by atoms with Gasteiger partial charge >= 0.3 is 0 Å². The summed E-state index contributed by atoms with van der Waals surface area (Å²) in [5, 5.41) is 7.07. The van der Waals surface area contributed by atoms with Gasteiger partial charge in [0.25, 0.3) is 0 Å². The molecule has 0 aliphatic carbocycles. The molecule has 0 saturated carbocycles. The number of amides is 1. The maximum Gasteiger partial charge on any atom is 0.250 e. The van der Waals surface area contributed by atoms with Crippen molar-refractivity contribution in [1.29, 1.82) is 0 Å². The van der Waals surface area contributed by atoms with Crippen LogP contribution in [0.5, 0.6) is 5.75 Å². The molecule has 2 atom stereocenters. The topological polar surface area (TPSA) is 80.7 Å². The normalized spacial score (nSPS) is 16.6. The maximum absolute atomic E-state index is 12.1. The average Bonchev–Trinajstić information content (AvgIpc) is 3.45. The van der Waals surface area contributed by atoms with Crippen LogP contribution in [0.3, 0.4) is 0 Å². The summed E-state index contributed by atoms with van der Waals surface area (Å²) in [5.41, 5.74) is 7.93. The minimum atomic E-state index is -0.198. The summed E-state index contributed by atoms with van der Waals surface area (Å²) in [7, 11) is 3.17. The number of rotatable bonds is 8. The van der Waals surface area contributed by atoms with Crippen molar-refractivity contribution in [3.8, 4) is 11.4 Å². The highest BCUT2D eigenvalue weighted by molar-refractivity contribution is 7.80. The minimum Gasteiger partial charge on any atom is -0.497 e. The second kappa shape index (κ2) is 11.5. The van der Waals surface area contributed by atoms with Gasteiger partial charge in [-0.2, -0.15) is 0 Å². The molecule has 0 radical (unpaired) electrons. The first-order valence-electron chi connectivity index (χ1n) is 13.1. The standard InChI is InChI=1S/C31H33N5O3S/c1-19-16-23(11-14-26(19)33-28(37)18-38-4)36-30(29(34-31(36)40)27-8-6-7-15-32-27)25-17-20(2)35(21(25)3)22-9-12-24(39-5)13-10-22/h6-17,29-30H,18H2,1-5H3,(H,33,37)(H,34,40). The SMILES string of the molecule is COCC(=O)Nc1ccc(N2C(=S)NC(c3ccccn3)C2c2cc(C)n(-c3ccc(OC)cc3)c2C)cc1C. The van der Waals surface area contributed by atoms with Gasteiger partial charge < -0.3 is 29.6 Å². The fourth-order valence-electron chi connectivity index (χ4n) is 5.42. The summed E-state index contributed by atoms with van der Waals surface area (Å²) in [4.78, 5) is 19.0. The fourth-order valence-corrected chi connectivity index (χ4v) is 5.77. The Balaban J connectivity index is 1.59. The van der Waals surface area contributed by atoms with E-state index in [0.29, 0.717) is 5.11 Å². The first-order chi connectivity index (χ1) is 19.3. The van der Waals surface area contributed by atoms with E-state index in [4.69, 9.17) is 21.7 Å². The molecule has 5 rings (SSSR count). The van der Waals surface area contributed by atoms with Crippen molar-refractivity contribution < 1.29 is 14.3 Å². The number of nitrogens with one attached hydrogen (secondary N) is 2. The van der Waals surface area contributed by atoms with Crippen LogP contribution in [0.25, 0.3) is 5.69 Å². The first kappa shape index (κ1) is 27.4. The minimum absolute atomic E-state index is 0.00103. The van der Waals surface area contributed by atoms with Crippen LogP contribution in [0.4, 0.5) is 11.4 Å². The molecule has 3 heterocycles. The van der Waals surface area contributed by atoms with E-state index in [1.54, 1.807) is 7.11 Å². The van der Waals surface area contributed by atoms with Crippen LogP contribution in [0.1, 0.15) is 40.3 Å². The molecule has 1 fully saturated rings. The van der Waals surface area contributed by atoms with Crippen molar-refractivity contribution in [2.45, 2.75) is 32.9 Å². The molecule has 1 amide bonds. The Morgan fingerprint density at radius 3 is 2.42 bits per heavy atom. The number of hydrogen-bond donors (Lipinski definition) is 2. The molecule has 1 aliphatic heterocycles. The third kappa shape index (κ3) is 5.17. The number of carbonyl (C=O) groups is 1. The van der Waals surface area contributed by atoms with Crippen molar-refractivity contribution in [3.05, 3.63) is 101 Å². The molecule has 206 valence electrons. The maximum atomic E-state index is 12.1. The molecule has 2 unspecified atom stereocenters. The Bertz CT molecular complexity index is 1530. The van der Waals surface area contributed by atoms with E-state index in [1.807, 2.05) is 61.7 Å². The molecule has 2 aromatic heterocycles. The molecule has 8 nitrogen and oxygen atoms in total. The van der Waals surface area contributed by atoms with Gasteiger partial charge in [-0.15, -0.1) is 0 Å². The number of carbonyl (C=O) groups excluding carboxylic acids is 1. The van der Waals surface area contributed by atoms with Crippen molar-refractivity contribution in [2.75, 3.05) is 31.0 Å². The van der Waals surface area contributed by atoms with Gasteiger partial charge in [0.1, 0.15) is 12.4 Å². The number of aryl methyl sites for hydroxylation is 2. The van der Waals surface area contributed by atoms with Crippen LogP contribution in [0.2, 0.25) is 0 Å². The molecule has 40 heavy (non-hydrogen) atoms. The summed E-state index contributed by atoms with van der Waals surface area (Å²) in [5.74, 6) is 0.617. The van der Waals surface area contributed by atoms with Gasteiger partial charge in [-0.1, -0.05) is 6.07 Å². The summed E-state index contributed by atoms with van der Waals surface area (Å²) in [6, 6.07) is 21.9. The summed E-state index contributed by atoms with van der Waals surface area (Å²) < 4.78 is 12.6. The predicted octanol–water partition coefficient (Wildman–Crippen LogP) is 5.57. The molecule has 2 N–H and O–H groups in total. The Morgan fingerprint density at radius 1 is 1.02 bits per heavy atom. The molecule has 0 bridgehead atoms. The number of methoxy groups -OCH3 is 2. The molecular formula is C31H33N5O3S. The van der Waals surface area contributed by atoms with E-state index in [1.165, 1.54) is 7.11 Å². The van der Waals surface area contributed by atoms with Crippen LogP contribution in [0.15, 0.2) is 72.9 Å². The number of ether oxygens (including phenoxy) is 2. The molecule has 9 heteroatoms. The highest BCUT2D eigenvalue weighted by Gasteiger charge is 2.42. The molecule has 4 aromatic rings. The lowest BCUT2D eigenvalue weighted by atomic mass is 9.96. The fraction of sp³-hybridized carbons (Fsp3) is 0.258. The van der Waals surface area contributed by atoms with Gasteiger partial charge in [0.05, 0.1) is 24.9 Å². The van der Waals surface area contributed by atoms with E-state index >= 15 is 0 Å². The van der Waals surface area contributed by atoms with Gasteiger partial charge in [-0.25, -0.2) is 0 Å². The number of nitrogens with zero attached hydrogens (tertiary/aromatic N) is 3. The van der Waals surface area contributed by atoms with Crippen LogP contribution < -0.4 is 20.3 Å². The number of thiocarbonyl (C=S) groups is 1. The third-order valence-corrected chi connectivity index (χ3v) is 7.57. The van der Waals surface area contributed by atoms with Gasteiger partial charge in [-0.3, -0.25) is 9.78 Å². The number of anilines is 2. The van der Waals surface area contributed by atoms with Crippen LogP contribution in [-0.2, 0) is 9.53 Å². The summed E-state index contributed by atoms with van der Waals surface area (Å²) in [6.07, 6.45) is 1.81. The van der Waals surface area contributed by atoms with Crippen LogP contribution in [-0.4, -0.2) is 41.4 Å². The number of aromatic nitrogens is 2. The number of pyridine rings is 1. The zero-order chi connectivity index (χ0) is 28.4. The lowest BCUT2D eigenvalue weighted by Gasteiger charge is -2.29. The number of benzene rings is 2. The Hall–Kier alpha value is -4.21. The van der Waals surface area contributed by atoms with E-state index in [9.17, 15) is 4.79 Å². The van der Waals surface area contributed by atoms with Crippen LogP contribution in [0, 0.1) is 20.8 Å². The van der Waals surface area contributed by atoms with Crippen molar-refractivity contribution in [3.63, 3.8) is 0 Å². The predicted molar refractivity (Wildman–Crippen MR) is 161 cm³/mol. The quantitative estimate of drug-likeness (QED) is 0.275.